The molecule has 0 bridgehead atoms. The number of para-hydroxylation sites is 1. The van der Waals surface area contributed by atoms with Crippen molar-refractivity contribution >= 4 is 29.9 Å². The number of ether oxygens (including phenoxy) is 1. The van der Waals surface area contributed by atoms with Crippen LogP contribution >= 0.6 is 24.0 Å². The van der Waals surface area contributed by atoms with Crippen molar-refractivity contribution in [2.75, 3.05) is 20.2 Å². The number of fused-ring (bicyclic) bond motifs is 1. The molecule has 0 spiro atoms. The van der Waals surface area contributed by atoms with Gasteiger partial charge in [0, 0.05) is 26.1 Å². The topological polar surface area (TPSA) is 45.7 Å². The molecule has 1 heterocycles. The number of guanidine groups is 1. The number of halogens is 2. The van der Waals surface area contributed by atoms with Gasteiger partial charge in [0.25, 0.3) is 0 Å². The second kappa shape index (κ2) is 9.60. The lowest BCUT2D eigenvalue weighted by Gasteiger charge is -2.26. The lowest BCUT2D eigenvalue weighted by atomic mass is 9.93. The predicted octanol–water partition coefficient (Wildman–Crippen LogP) is 3.68. The zero-order valence-corrected chi connectivity index (χ0v) is 16.5. The minimum Gasteiger partial charge on any atom is -0.493 e. The fourth-order valence-electron chi connectivity index (χ4n) is 2.90. The summed E-state index contributed by atoms with van der Waals surface area (Å²) in [7, 11) is 1.73. The van der Waals surface area contributed by atoms with E-state index in [0.29, 0.717) is 18.4 Å². The molecule has 0 aliphatic carbocycles. The van der Waals surface area contributed by atoms with Crippen molar-refractivity contribution in [3.8, 4) is 5.75 Å². The Kier molecular flexibility index (Phi) is 7.49. The van der Waals surface area contributed by atoms with Gasteiger partial charge in [0.2, 0.25) is 0 Å². The van der Waals surface area contributed by atoms with E-state index in [1.807, 2.05) is 24.3 Å². The first-order chi connectivity index (χ1) is 11.8. The van der Waals surface area contributed by atoms with Crippen LogP contribution in [0.3, 0.4) is 0 Å². The summed E-state index contributed by atoms with van der Waals surface area (Å²) in [6, 6.07) is 14.7. The molecule has 6 heteroatoms. The van der Waals surface area contributed by atoms with Crippen molar-refractivity contribution in [2.45, 2.75) is 18.9 Å². The van der Waals surface area contributed by atoms with Gasteiger partial charge in [0.1, 0.15) is 11.6 Å². The van der Waals surface area contributed by atoms with Gasteiger partial charge in [-0.25, -0.2) is 4.39 Å². The summed E-state index contributed by atoms with van der Waals surface area (Å²) in [5, 5.41) is 6.57. The molecule has 0 saturated carbocycles. The predicted molar refractivity (Wildman–Crippen MR) is 109 cm³/mol. The Hall–Kier alpha value is -1.83. The number of rotatable bonds is 4. The summed E-state index contributed by atoms with van der Waals surface area (Å²) in [4.78, 5) is 4.24. The summed E-state index contributed by atoms with van der Waals surface area (Å²) >= 11 is 0. The lowest BCUT2D eigenvalue weighted by molar-refractivity contribution is 0.267. The first-order valence-electron chi connectivity index (χ1n) is 8.17. The van der Waals surface area contributed by atoms with Crippen LogP contribution in [0.15, 0.2) is 53.5 Å². The van der Waals surface area contributed by atoms with Gasteiger partial charge in [-0.1, -0.05) is 30.3 Å². The third-order valence-electron chi connectivity index (χ3n) is 4.17. The largest absolute Gasteiger partial charge is 0.493 e. The summed E-state index contributed by atoms with van der Waals surface area (Å²) < 4.78 is 18.9. The number of hydrogen-bond acceptors (Lipinski definition) is 2. The van der Waals surface area contributed by atoms with E-state index in [-0.39, 0.29) is 29.8 Å². The van der Waals surface area contributed by atoms with Crippen molar-refractivity contribution in [3.63, 3.8) is 0 Å². The van der Waals surface area contributed by atoms with Gasteiger partial charge in [-0.05, 0) is 35.7 Å². The van der Waals surface area contributed by atoms with E-state index in [1.54, 1.807) is 13.1 Å². The Bertz CT molecular complexity index is 723. The van der Waals surface area contributed by atoms with Gasteiger partial charge in [0.05, 0.1) is 6.61 Å². The standard InChI is InChI=1S/C19H22FN3O.HI/c1-21-19(22-12-14-5-4-6-16(20)11-14)23-13-15-9-10-24-18-8-3-2-7-17(15)18;/h2-8,11,15H,9-10,12-13H2,1H3,(H2,21,22,23);1H. The van der Waals surface area contributed by atoms with Gasteiger partial charge < -0.3 is 15.4 Å². The third-order valence-corrected chi connectivity index (χ3v) is 4.17. The van der Waals surface area contributed by atoms with E-state index < -0.39 is 0 Å². The highest BCUT2D eigenvalue weighted by atomic mass is 127. The van der Waals surface area contributed by atoms with Crippen LogP contribution in [0.4, 0.5) is 4.39 Å². The Labute approximate surface area is 164 Å². The van der Waals surface area contributed by atoms with Crippen molar-refractivity contribution in [1.29, 1.82) is 0 Å². The molecule has 1 aliphatic heterocycles. The zero-order chi connectivity index (χ0) is 16.8. The molecule has 1 atom stereocenters. The first-order valence-corrected chi connectivity index (χ1v) is 8.17. The Balaban J connectivity index is 0.00000225. The molecular weight excluding hydrogens is 432 g/mol. The number of hydrogen-bond donors (Lipinski definition) is 2. The van der Waals surface area contributed by atoms with E-state index in [1.165, 1.54) is 17.7 Å². The van der Waals surface area contributed by atoms with Crippen molar-refractivity contribution in [3.05, 3.63) is 65.5 Å². The maximum atomic E-state index is 13.2. The van der Waals surface area contributed by atoms with Gasteiger partial charge in [-0.3, -0.25) is 4.99 Å². The van der Waals surface area contributed by atoms with Crippen molar-refractivity contribution in [2.24, 2.45) is 4.99 Å². The summed E-state index contributed by atoms with van der Waals surface area (Å²) in [6.45, 7) is 2.05. The first kappa shape index (κ1) is 19.5. The Morgan fingerprint density at radius 2 is 2.04 bits per heavy atom. The molecule has 25 heavy (non-hydrogen) atoms. The molecule has 0 saturated heterocycles. The average Bonchev–Trinajstić information content (AvgIpc) is 2.62. The minimum absolute atomic E-state index is 0. The van der Waals surface area contributed by atoms with E-state index in [2.05, 4.69) is 21.7 Å². The highest BCUT2D eigenvalue weighted by molar-refractivity contribution is 14.0. The van der Waals surface area contributed by atoms with Crippen LogP contribution in [0.5, 0.6) is 5.75 Å². The van der Waals surface area contributed by atoms with E-state index >= 15 is 0 Å². The van der Waals surface area contributed by atoms with Gasteiger partial charge in [-0.15, -0.1) is 24.0 Å². The minimum atomic E-state index is -0.226. The normalized spacial score (nSPS) is 16.2. The Morgan fingerprint density at radius 3 is 2.84 bits per heavy atom. The van der Waals surface area contributed by atoms with Gasteiger partial charge in [0.15, 0.2) is 5.96 Å². The van der Waals surface area contributed by atoms with Crippen LogP contribution in [0.2, 0.25) is 0 Å². The molecule has 2 aromatic carbocycles. The smallest absolute Gasteiger partial charge is 0.191 e. The molecule has 2 N–H and O–H groups in total. The zero-order valence-electron chi connectivity index (χ0n) is 14.2. The number of nitrogens with zero attached hydrogens (tertiary/aromatic N) is 1. The van der Waals surface area contributed by atoms with E-state index in [0.717, 1.165) is 30.9 Å². The lowest BCUT2D eigenvalue weighted by Crippen LogP contribution is -2.39. The second-order valence-electron chi connectivity index (χ2n) is 5.81. The molecule has 4 nitrogen and oxygen atoms in total. The molecule has 2 aromatic rings. The third kappa shape index (κ3) is 5.32. The van der Waals surface area contributed by atoms with Crippen LogP contribution in [-0.2, 0) is 6.54 Å². The van der Waals surface area contributed by atoms with Crippen LogP contribution < -0.4 is 15.4 Å². The average molecular weight is 455 g/mol. The summed E-state index contributed by atoms with van der Waals surface area (Å²) in [6.07, 6.45) is 0.977. The van der Waals surface area contributed by atoms with Gasteiger partial charge >= 0.3 is 0 Å². The van der Waals surface area contributed by atoms with E-state index in [4.69, 9.17) is 4.74 Å². The monoisotopic (exact) mass is 455 g/mol. The molecule has 0 fully saturated rings. The Morgan fingerprint density at radius 1 is 1.20 bits per heavy atom. The van der Waals surface area contributed by atoms with Crippen molar-refractivity contribution in [1.82, 2.24) is 10.6 Å². The molecule has 1 aliphatic rings. The fraction of sp³-hybridized carbons (Fsp3) is 0.316. The quantitative estimate of drug-likeness (QED) is 0.420. The number of aliphatic imine (C=N–C) groups is 1. The number of nitrogens with one attached hydrogen (secondary N) is 2. The van der Waals surface area contributed by atoms with Crippen molar-refractivity contribution < 1.29 is 9.13 Å². The molecule has 0 amide bonds. The molecule has 0 aromatic heterocycles. The highest BCUT2D eigenvalue weighted by Crippen LogP contribution is 2.32. The molecule has 0 radical (unpaired) electrons. The van der Waals surface area contributed by atoms with Crippen LogP contribution in [0.1, 0.15) is 23.5 Å². The highest BCUT2D eigenvalue weighted by Gasteiger charge is 2.20. The fourth-order valence-corrected chi connectivity index (χ4v) is 2.90. The SMILES string of the molecule is CN=C(NCc1cccc(F)c1)NCC1CCOc2ccccc21.I. The maximum absolute atomic E-state index is 13.2. The second-order valence-corrected chi connectivity index (χ2v) is 5.81. The molecule has 1 unspecified atom stereocenters. The molecular formula is C19H23FIN3O. The van der Waals surface area contributed by atoms with E-state index in [9.17, 15) is 4.39 Å². The summed E-state index contributed by atoms with van der Waals surface area (Å²) in [5.41, 5.74) is 2.12. The van der Waals surface area contributed by atoms with Crippen LogP contribution in [0, 0.1) is 5.82 Å². The maximum Gasteiger partial charge on any atom is 0.191 e. The molecule has 134 valence electrons. The van der Waals surface area contributed by atoms with Crippen LogP contribution in [0.25, 0.3) is 0 Å². The summed E-state index contributed by atoms with van der Waals surface area (Å²) in [5.74, 6) is 1.85. The molecule has 3 rings (SSSR count). The number of benzene rings is 2. The van der Waals surface area contributed by atoms with Gasteiger partial charge in [-0.2, -0.15) is 0 Å². The van der Waals surface area contributed by atoms with Crippen LogP contribution in [-0.4, -0.2) is 26.2 Å².